The lowest BCUT2D eigenvalue weighted by Crippen LogP contribution is -2.50. The topological polar surface area (TPSA) is 61.4 Å². The van der Waals surface area contributed by atoms with Crippen LogP contribution in [0.25, 0.3) is 0 Å². The van der Waals surface area contributed by atoms with Crippen LogP contribution in [0.5, 0.6) is 0 Å². The highest BCUT2D eigenvalue weighted by molar-refractivity contribution is 5.82. The Kier molecular flexibility index (Phi) is 4.58. The van der Waals surface area contributed by atoms with Crippen LogP contribution < -0.4 is 10.6 Å². The van der Waals surface area contributed by atoms with E-state index in [0.29, 0.717) is 6.42 Å². The molecule has 0 unspecified atom stereocenters. The van der Waals surface area contributed by atoms with Crippen molar-refractivity contribution in [2.75, 3.05) is 19.6 Å². The molecule has 5 nitrogen and oxygen atoms in total. The molecule has 0 saturated carbocycles. The second kappa shape index (κ2) is 6.18. The quantitative estimate of drug-likeness (QED) is 0.758. The summed E-state index contributed by atoms with van der Waals surface area (Å²) in [7, 11) is 0. The summed E-state index contributed by atoms with van der Waals surface area (Å²) in [5.74, 6) is 0.352. The predicted molar refractivity (Wildman–Crippen MR) is 69.1 cm³/mol. The molecule has 102 valence electrons. The van der Waals surface area contributed by atoms with Gasteiger partial charge < -0.3 is 15.5 Å². The molecule has 2 aliphatic heterocycles. The minimum Gasteiger partial charge on any atom is -0.353 e. The van der Waals surface area contributed by atoms with Gasteiger partial charge in [-0.3, -0.25) is 9.59 Å². The van der Waals surface area contributed by atoms with Crippen LogP contribution in [0.15, 0.2) is 0 Å². The van der Waals surface area contributed by atoms with E-state index in [1.165, 1.54) is 0 Å². The van der Waals surface area contributed by atoms with E-state index in [1.807, 2.05) is 11.8 Å². The lowest BCUT2D eigenvalue weighted by atomic mass is 10.0. The highest BCUT2D eigenvalue weighted by Gasteiger charge is 2.29. The van der Waals surface area contributed by atoms with Gasteiger partial charge in [0.2, 0.25) is 11.8 Å². The second-order valence-corrected chi connectivity index (χ2v) is 5.17. The summed E-state index contributed by atoms with van der Waals surface area (Å²) in [6, 6.07) is 0.282. The Morgan fingerprint density at radius 3 is 2.56 bits per heavy atom. The first-order valence-electron chi connectivity index (χ1n) is 7.02. The average Bonchev–Trinajstić information content (AvgIpc) is 2.92. The number of amides is 2. The van der Waals surface area contributed by atoms with Gasteiger partial charge in [0.1, 0.15) is 0 Å². The summed E-state index contributed by atoms with van der Waals surface area (Å²) in [6.07, 6.45) is 4.35. The van der Waals surface area contributed by atoms with Gasteiger partial charge in [-0.1, -0.05) is 6.92 Å². The largest absolute Gasteiger partial charge is 0.353 e. The van der Waals surface area contributed by atoms with E-state index < -0.39 is 0 Å². The number of carbonyl (C=O) groups is 2. The maximum absolute atomic E-state index is 12.2. The van der Waals surface area contributed by atoms with Crippen LogP contribution >= 0.6 is 0 Å². The van der Waals surface area contributed by atoms with E-state index in [1.54, 1.807) is 0 Å². The van der Waals surface area contributed by atoms with Crippen molar-refractivity contribution in [3.8, 4) is 0 Å². The first-order chi connectivity index (χ1) is 8.70. The van der Waals surface area contributed by atoms with Crippen molar-refractivity contribution >= 4 is 11.8 Å². The molecular weight excluding hydrogens is 230 g/mol. The average molecular weight is 253 g/mol. The van der Waals surface area contributed by atoms with Gasteiger partial charge in [0.05, 0.1) is 6.04 Å². The van der Waals surface area contributed by atoms with Crippen molar-refractivity contribution in [2.24, 2.45) is 0 Å². The number of nitrogens with one attached hydrogen (secondary N) is 2. The third-order valence-electron chi connectivity index (χ3n) is 3.85. The first kappa shape index (κ1) is 13.3. The normalized spacial score (nSPS) is 25.2. The monoisotopic (exact) mass is 253 g/mol. The van der Waals surface area contributed by atoms with Crippen LogP contribution in [0.1, 0.15) is 39.0 Å². The lowest BCUT2D eigenvalue weighted by Gasteiger charge is -2.33. The van der Waals surface area contributed by atoms with Crippen LogP contribution in [-0.4, -0.2) is 48.4 Å². The van der Waals surface area contributed by atoms with E-state index in [0.717, 1.165) is 45.3 Å². The van der Waals surface area contributed by atoms with Crippen molar-refractivity contribution in [3.63, 3.8) is 0 Å². The van der Waals surface area contributed by atoms with Gasteiger partial charge in [0.15, 0.2) is 0 Å². The Balaban J connectivity index is 1.75. The summed E-state index contributed by atoms with van der Waals surface area (Å²) >= 11 is 0. The van der Waals surface area contributed by atoms with Crippen LogP contribution in [0, 0.1) is 0 Å². The van der Waals surface area contributed by atoms with Gasteiger partial charge in [-0.05, 0) is 32.2 Å². The molecule has 0 aromatic rings. The Bertz CT molecular complexity index is 305. The van der Waals surface area contributed by atoms with Gasteiger partial charge in [-0.25, -0.2) is 0 Å². The summed E-state index contributed by atoms with van der Waals surface area (Å²) in [6.45, 7) is 4.36. The van der Waals surface area contributed by atoms with E-state index in [2.05, 4.69) is 10.6 Å². The van der Waals surface area contributed by atoms with Crippen molar-refractivity contribution in [3.05, 3.63) is 0 Å². The van der Waals surface area contributed by atoms with Crippen molar-refractivity contribution in [1.82, 2.24) is 15.5 Å². The van der Waals surface area contributed by atoms with E-state index in [-0.39, 0.29) is 23.9 Å². The SMILES string of the molecule is CCC(=O)NC1CCN(C(=O)[C@H]2CCCN2)CC1. The van der Waals surface area contributed by atoms with Crippen LogP contribution in [0.3, 0.4) is 0 Å². The zero-order valence-corrected chi connectivity index (χ0v) is 11.1. The third-order valence-corrected chi connectivity index (χ3v) is 3.85. The summed E-state index contributed by atoms with van der Waals surface area (Å²) < 4.78 is 0. The van der Waals surface area contributed by atoms with Crippen LogP contribution in [0.2, 0.25) is 0 Å². The molecule has 2 fully saturated rings. The van der Waals surface area contributed by atoms with Crippen molar-refractivity contribution < 1.29 is 9.59 Å². The zero-order valence-electron chi connectivity index (χ0n) is 11.1. The molecule has 2 amide bonds. The number of likely N-dealkylation sites (tertiary alicyclic amines) is 1. The molecule has 2 aliphatic rings. The summed E-state index contributed by atoms with van der Waals surface area (Å²) in [5.41, 5.74) is 0. The van der Waals surface area contributed by atoms with Gasteiger partial charge in [-0.2, -0.15) is 0 Å². The number of hydrogen-bond donors (Lipinski definition) is 2. The Hall–Kier alpha value is -1.10. The van der Waals surface area contributed by atoms with Crippen molar-refractivity contribution in [1.29, 1.82) is 0 Å². The van der Waals surface area contributed by atoms with E-state index >= 15 is 0 Å². The number of hydrogen-bond acceptors (Lipinski definition) is 3. The summed E-state index contributed by atoms with van der Waals surface area (Å²) in [5, 5.41) is 6.25. The molecule has 2 heterocycles. The molecule has 5 heteroatoms. The Labute approximate surface area is 108 Å². The molecule has 18 heavy (non-hydrogen) atoms. The number of carbonyl (C=O) groups excluding carboxylic acids is 2. The highest BCUT2D eigenvalue weighted by atomic mass is 16.2. The third kappa shape index (κ3) is 3.22. The number of rotatable bonds is 3. The maximum Gasteiger partial charge on any atom is 0.239 e. The van der Waals surface area contributed by atoms with Gasteiger partial charge in [0, 0.05) is 25.6 Å². The fourth-order valence-electron chi connectivity index (χ4n) is 2.69. The standard InChI is InChI=1S/C13H23N3O2/c1-2-12(17)15-10-5-8-16(9-6-10)13(18)11-4-3-7-14-11/h10-11,14H,2-9H2,1H3,(H,15,17)/t11-/m1/s1. The molecular formula is C13H23N3O2. The molecule has 0 aromatic carbocycles. The lowest BCUT2D eigenvalue weighted by molar-refractivity contribution is -0.134. The van der Waals surface area contributed by atoms with Gasteiger partial charge in [-0.15, -0.1) is 0 Å². The van der Waals surface area contributed by atoms with Gasteiger partial charge in [0.25, 0.3) is 0 Å². The molecule has 2 saturated heterocycles. The van der Waals surface area contributed by atoms with Gasteiger partial charge >= 0.3 is 0 Å². The molecule has 0 aromatic heterocycles. The molecule has 0 bridgehead atoms. The summed E-state index contributed by atoms with van der Waals surface area (Å²) in [4.78, 5) is 25.4. The van der Waals surface area contributed by atoms with Crippen LogP contribution in [-0.2, 0) is 9.59 Å². The van der Waals surface area contributed by atoms with E-state index in [9.17, 15) is 9.59 Å². The number of piperidine rings is 1. The van der Waals surface area contributed by atoms with Crippen LogP contribution in [0.4, 0.5) is 0 Å². The predicted octanol–water partition coefficient (Wildman–Crippen LogP) is 0.256. The molecule has 2 N–H and O–H groups in total. The van der Waals surface area contributed by atoms with Crippen molar-refractivity contribution in [2.45, 2.75) is 51.1 Å². The number of nitrogens with zero attached hydrogens (tertiary/aromatic N) is 1. The molecule has 1 atom stereocenters. The minimum atomic E-state index is 0.0341. The zero-order chi connectivity index (χ0) is 13.0. The fourth-order valence-corrected chi connectivity index (χ4v) is 2.69. The molecule has 2 rings (SSSR count). The highest BCUT2D eigenvalue weighted by Crippen LogP contribution is 2.15. The smallest absolute Gasteiger partial charge is 0.239 e. The Morgan fingerprint density at radius 2 is 2.00 bits per heavy atom. The van der Waals surface area contributed by atoms with E-state index in [4.69, 9.17) is 0 Å². The molecule has 0 radical (unpaired) electrons. The molecule has 0 aliphatic carbocycles. The maximum atomic E-state index is 12.2. The fraction of sp³-hybridized carbons (Fsp3) is 0.846. The second-order valence-electron chi connectivity index (χ2n) is 5.17. The minimum absolute atomic E-state index is 0.0341. The molecule has 0 spiro atoms. The Morgan fingerprint density at radius 1 is 1.28 bits per heavy atom. The first-order valence-corrected chi connectivity index (χ1v) is 7.02.